The van der Waals surface area contributed by atoms with Crippen LogP contribution in [-0.2, 0) is 4.74 Å². The zero-order valence-corrected chi connectivity index (χ0v) is 8.88. The zero-order chi connectivity index (χ0) is 11.3. The molecule has 0 bridgehead atoms. The number of allylic oxidation sites excluding steroid dienone is 2. The van der Waals surface area contributed by atoms with E-state index in [4.69, 9.17) is 4.74 Å². The molecule has 0 radical (unpaired) electrons. The molecule has 0 atom stereocenters. The summed E-state index contributed by atoms with van der Waals surface area (Å²) >= 11 is 0. The van der Waals surface area contributed by atoms with Gasteiger partial charge in [0.1, 0.15) is 5.82 Å². The van der Waals surface area contributed by atoms with E-state index in [0.717, 1.165) is 11.1 Å². The zero-order valence-electron chi connectivity index (χ0n) is 8.88. The maximum absolute atomic E-state index is 12.7. The quantitative estimate of drug-likeness (QED) is 0.605. The fourth-order valence-electron chi connectivity index (χ4n) is 1.14. The molecule has 0 aliphatic rings. The number of hydrogen-bond donors (Lipinski definition) is 1. The lowest BCUT2D eigenvalue weighted by molar-refractivity contribution is 0.268. The Morgan fingerprint density at radius 3 is 2.47 bits per heavy atom. The van der Waals surface area contributed by atoms with Crippen LogP contribution in [0.2, 0.25) is 0 Å². The Kier molecular flexibility index (Phi) is 3.92. The molecule has 1 aromatic carbocycles. The van der Waals surface area contributed by atoms with Crippen molar-refractivity contribution in [2.75, 3.05) is 14.2 Å². The molecular formula is C12H14FNO. The summed E-state index contributed by atoms with van der Waals surface area (Å²) < 4.78 is 17.7. The maximum atomic E-state index is 12.7. The first-order chi connectivity index (χ1) is 7.17. The molecule has 0 aliphatic carbocycles. The average molecular weight is 207 g/mol. The van der Waals surface area contributed by atoms with Crippen molar-refractivity contribution in [3.63, 3.8) is 0 Å². The van der Waals surface area contributed by atoms with Crippen molar-refractivity contribution >= 4 is 5.57 Å². The van der Waals surface area contributed by atoms with Crippen molar-refractivity contribution in [2.24, 2.45) is 0 Å². The van der Waals surface area contributed by atoms with Crippen molar-refractivity contribution in [3.05, 3.63) is 54.2 Å². The lowest BCUT2D eigenvalue weighted by Gasteiger charge is -2.06. The van der Waals surface area contributed by atoms with Gasteiger partial charge in [-0.2, -0.15) is 0 Å². The maximum Gasteiger partial charge on any atom is 0.186 e. The van der Waals surface area contributed by atoms with Crippen molar-refractivity contribution < 1.29 is 9.13 Å². The molecule has 0 heterocycles. The number of rotatable bonds is 4. The van der Waals surface area contributed by atoms with E-state index in [1.807, 2.05) is 0 Å². The van der Waals surface area contributed by atoms with E-state index in [1.54, 1.807) is 32.4 Å². The summed E-state index contributed by atoms with van der Waals surface area (Å²) in [5.41, 5.74) is 1.63. The highest BCUT2D eigenvalue weighted by molar-refractivity contribution is 5.72. The third kappa shape index (κ3) is 3.13. The Hall–Kier alpha value is -1.77. The van der Waals surface area contributed by atoms with Crippen LogP contribution in [0.25, 0.3) is 5.57 Å². The molecule has 1 rings (SSSR count). The summed E-state index contributed by atoms with van der Waals surface area (Å²) in [6, 6.07) is 6.16. The second-order valence-corrected chi connectivity index (χ2v) is 2.99. The third-order valence-corrected chi connectivity index (χ3v) is 1.99. The fraction of sp³-hybridized carbons (Fsp3) is 0.167. The second-order valence-electron chi connectivity index (χ2n) is 2.99. The van der Waals surface area contributed by atoms with Gasteiger partial charge in [0, 0.05) is 13.1 Å². The molecule has 2 nitrogen and oxygen atoms in total. The van der Waals surface area contributed by atoms with E-state index in [0.29, 0.717) is 5.88 Å². The summed E-state index contributed by atoms with van der Waals surface area (Å²) in [5, 5.41) is 2.87. The van der Waals surface area contributed by atoms with Crippen LogP contribution in [0, 0.1) is 5.82 Å². The standard InChI is InChI=1S/C12H14FNO/c1-9(8-12(14-2)15-3)10-4-6-11(13)7-5-10/h4-8,14H,1H2,2-3H3/b12-8-. The molecule has 0 fully saturated rings. The predicted molar refractivity (Wildman–Crippen MR) is 59.6 cm³/mol. The van der Waals surface area contributed by atoms with Gasteiger partial charge in [0.2, 0.25) is 0 Å². The number of methoxy groups -OCH3 is 1. The number of hydrogen-bond acceptors (Lipinski definition) is 2. The highest BCUT2D eigenvalue weighted by atomic mass is 19.1. The van der Waals surface area contributed by atoms with Gasteiger partial charge in [0.25, 0.3) is 0 Å². The first-order valence-corrected chi connectivity index (χ1v) is 4.55. The van der Waals surface area contributed by atoms with Gasteiger partial charge >= 0.3 is 0 Å². The van der Waals surface area contributed by atoms with Crippen molar-refractivity contribution in [1.82, 2.24) is 5.32 Å². The molecule has 15 heavy (non-hydrogen) atoms. The molecule has 0 spiro atoms. The number of halogens is 1. The van der Waals surface area contributed by atoms with Crippen LogP contribution in [0.15, 0.2) is 42.8 Å². The minimum Gasteiger partial charge on any atom is -0.483 e. The Morgan fingerprint density at radius 2 is 2.00 bits per heavy atom. The van der Waals surface area contributed by atoms with Crippen LogP contribution in [0.5, 0.6) is 0 Å². The van der Waals surface area contributed by atoms with Crippen LogP contribution in [-0.4, -0.2) is 14.2 Å². The van der Waals surface area contributed by atoms with Gasteiger partial charge in [-0.15, -0.1) is 0 Å². The molecule has 0 aliphatic heterocycles. The van der Waals surface area contributed by atoms with E-state index in [2.05, 4.69) is 11.9 Å². The van der Waals surface area contributed by atoms with Gasteiger partial charge < -0.3 is 10.1 Å². The van der Waals surface area contributed by atoms with Gasteiger partial charge in [-0.05, 0) is 23.3 Å². The second kappa shape index (κ2) is 5.20. The fourth-order valence-corrected chi connectivity index (χ4v) is 1.14. The third-order valence-electron chi connectivity index (χ3n) is 1.99. The van der Waals surface area contributed by atoms with Crippen LogP contribution in [0.4, 0.5) is 4.39 Å². The van der Waals surface area contributed by atoms with Crippen molar-refractivity contribution in [2.45, 2.75) is 0 Å². The molecule has 0 amide bonds. The molecule has 1 aromatic rings. The molecular weight excluding hydrogens is 193 g/mol. The summed E-state index contributed by atoms with van der Waals surface area (Å²) in [7, 11) is 3.33. The molecule has 1 N–H and O–H groups in total. The Morgan fingerprint density at radius 1 is 1.40 bits per heavy atom. The van der Waals surface area contributed by atoms with Crippen molar-refractivity contribution in [3.8, 4) is 0 Å². The normalized spacial score (nSPS) is 11.0. The van der Waals surface area contributed by atoms with Gasteiger partial charge in [-0.1, -0.05) is 18.7 Å². The summed E-state index contributed by atoms with van der Waals surface area (Å²) in [5.74, 6) is 0.362. The van der Waals surface area contributed by atoms with Crippen LogP contribution in [0.3, 0.4) is 0 Å². The number of benzene rings is 1. The number of nitrogens with one attached hydrogen (secondary N) is 1. The molecule has 0 unspecified atom stereocenters. The minimum absolute atomic E-state index is 0.254. The van der Waals surface area contributed by atoms with E-state index in [9.17, 15) is 4.39 Å². The average Bonchev–Trinajstić information content (AvgIpc) is 2.26. The highest BCUT2D eigenvalue weighted by Crippen LogP contribution is 2.15. The smallest absolute Gasteiger partial charge is 0.186 e. The lowest BCUT2D eigenvalue weighted by Crippen LogP contribution is -2.07. The predicted octanol–water partition coefficient (Wildman–Crippen LogP) is 2.55. The first-order valence-electron chi connectivity index (χ1n) is 4.55. The minimum atomic E-state index is -0.254. The number of ether oxygens (including phenoxy) is 1. The molecule has 0 saturated heterocycles. The van der Waals surface area contributed by atoms with Crippen molar-refractivity contribution in [1.29, 1.82) is 0 Å². The molecule has 80 valence electrons. The topological polar surface area (TPSA) is 21.3 Å². The summed E-state index contributed by atoms with van der Waals surface area (Å²) in [4.78, 5) is 0. The van der Waals surface area contributed by atoms with Crippen LogP contribution >= 0.6 is 0 Å². The SMILES string of the molecule is C=C(/C=C(/NC)OC)c1ccc(F)cc1. The Labute approximate surface area is 89.1 Å². The Bertz CT molecular complexity index is 362. The van der Waals surface area contributed by atoms with E-state index >= 15 is 0 Å². The van der Waals surface area contributed by atoms with Crippen LogP contribution in [0.1, 0.15) is 5.56 Å². The Balaban J connectivity index is 2.85. The van der Waals surface area contributed by atoms with Gasteiger partial charge in [-0.3, -0.25) is 0 Å². The molecule has 0 saturated carbocycles. The lowest BCUT2D eigenvalue weighted by atomic mass is 10.1. The molecule has 3 heteroatoms. The highest BCUT2D eigenvalue weighted by Gasteiger charge is 1.98. The van der Waals surface area contributed by atoms with Crippen LogP contribution < -0.4 is 5.32 Å². The molecule has 0 aromatic heterocycles. The van der Waals surface area contributed by atoms with E-state index in [-0.39, 0.29) is 5.82 Å². The largest absolute Gasteiger partial charge is 0.483 e. The monoisotopic (exact) mass is 207 g/mol. The van der Waals surface area contributed by atoms with E-state index < -0.39 is 0 Å². The first kappa shape index (κ1) is 11.3. The summed E-state index contributed by atoms with van der Waals surface area (Å²) in [6.07, 6.45) is 1.76. The van der Waals surface area contributed by atoms with Gasteiger partial charge in [0.15, 0.2) is 5.88 Å². The van der Waals surface area contributed by atoms with Gasteiger partial charge in [0.05, 0.1) is 7.11 Å². The van der Waals surface area contributed by atoms with E-state index in [1.165, 1.54) is 12.1 Å². The summed E-state index contributed by atoms with van der Waals surface area (Å²) in [6.45, 7) is 3.87. The van der Waals surface area contributed by atoms with Gasteiger partial charge in [-0.25, -0.2) is 4.39 Å².